The third-order valence-corrected chi connectivity index (χ3v) is 21.3. The maximum atomic E-state index is 11.9. The average Bonchev–Trinajstić information content (AvgIpc) is 2.77. The first-order valence-corrected chi connectivity index (χ1v) is 20.8. The summed E-state index contributed by atoms with van der Waals surface area (Å²) in [6.07, 6.45) is 13.0. The molecule has 0 bridgehead atoms. The van der Waals surface area contributed by atoms with E-state index in [1.165, 1.54) is 51.8 Å². The van der Waals surface area contributed by atoms with Gasteiger partial charge in [0.2, 0.25) is 0 Å². The Morgan fingerprint density at radius 3 is 2.19 bits per heavy atom. The number of nitrogens with zero attached hydrogens (tertiary/aromatic N) is 1. The molecule has 0 radical (unpaired) electrons. The summed E-state index contributed by atoms with van der Waals surface area (Å²) in [4.78, 5) is 14.1. The van der Waals surface area contributed by atoms with Gasteiger partial charge in [-0.05, 0) is 0 Å². The van der Waals surface area contributed by atoms with Gasteiger partial charge in [0.15, 0.2) is 0 Å². The van der Waals surface area contributed by atoms with E-state index in [1.807, 2.05) is 6.92 Å². The summed E-state index contributed by atoms with van der Waals surface area (Å²) in [5.41, 5.74) is 0. The van der Waals surface area contributed by atoms with Gasteiger partial charge in [0.1, 0.15) is 0 Å². The predicted octanol–water partition coefficient (Wildman–Crippen LogP) is 6.35. The van der Waals surface area contributed by atoms with Crippen LogP contribution in [0.4, 0.5) is 0 Å². The maximum absolute atomic E-state index is 11.9. The van der Waals surface area contributed by atoms with E-state index < -0.39 is 18.4 Å². The van der Waals surface area contributed by atoms with Crippen LogP contribution in [0, 0.1) is 5.92 Å². The van der Waals surface area contributed by atoms with Gasteiger partial charge in [0, 0.05) is 0 Å². The second-order valence-corrected chi connectivity index (χ2v) is 22.8. The standard InChI is InChI=1S/C14H24NO3.3C4H9.Sn/c1-4-6-7-12(16)11-8-9-15(3)10-13(11)18-14(17)5-2;3*1-3-4-2;/h1,4,11-13,16H,5-10H2,2-3H3;3*1,3-4H2,2H3;. The van der Waals surface area contributed by atoms with Crippen LogP contribution in [0.3, 0.4) is 0 Å². The second kappa shape index (κ2) is 16.5. The molecule has 1 N–H and O–H groups in total. The molecule has 3 atom stereocenters. The van der Waals surface area contributed by atoms with Crippen LogP contribution in [0.1, 0.15) is 91.9 Å². The van der Waals surface area contributed by atoms with Crippen molar-refractivity contribution in [3.8, 4) is 0 Å². The molecule has 182 valence electrons. The third-order valence-electron chi connectivity index (χ3n) is 7.06. The summed E-state index contributed by atoms with van der Waals surface area (Å²) in [6.45, 7) is 10.5. The predicted molar refractivity (Wildman–Crippen MR) is 135 cm³/mol. The Hall–Kier alpha value is -0.0713. The van der Waals surface area contributed by atoms with Gasteiger partial charge in [-0.2, -0.15) is 0 Å². The Morgan fingerprint density at radius 2 is 1.68 bits per heavy atom. The first kappa shape index (κ1) is 29.0. The molecule has 0 saturated carbocycles. The van der Waals surface area contributed by atoms with Crippen LogP contribution in [0.15, 0.2) is 10.2 Å². The number of aliphatic hydroxyl groups is 1. The summed E-state index contributed by atoms with van der Waals surface area (Å²) in [7, 11) is 2.06. The molecular formula is C26H51NO3Sn. The van der Waals surface area contributed by atoms with Gasteiger partial charge in [-0.1, -0.05) is 0 Å². The van der Waals surface area contributed by atoms with E-state index in [9.17, 15) is 9.90 Å². The number of ether oxygens (including phenoxy) is 1. The molecule has 5 heteroatoms. The number of carbonyl (C=O) groups is 1. The van der Waals surface area contributed by atoms with Gasteiger partial charge in [0.25, 0.3) is 0 Å². The summed E-state index contributed by atoms with van der Waals surface area (Å²) in [5, 5.41) is 10.9. The van der Waals surface area contributed by atoms with Crippen molar-refractivity contribution in [2.24, 2.45) is 5.92 Å². The summed E-state index contributed by atoms with van der Waals surface area (Å²) < 4.78 is 12.9. The number of likely N-dealkylation sites (N-methyl/N-ethyl adjacent to an activating group) is 1. The molecule has 4 nitrogen and oxygen atoms in total. The van der Waals surface area contributed by atoms with E-state index in [2.05, 4.69) is 42.9 Å². The van der Waals surface area contributed by atoms with Crippen molar-refractivity contribution >= 4 is 24.3 Å². The number of hydrogen-bond donors (Lipinski definition) is 1. The quantitative estimate of drug-likeness (QED) is 0.182. The van der Waals surface area contributed by atoms with Crippen LogP contribution in [0.25, 0.3) is 0 Å². The van der Waals surface area contributed by atoms with Gasteiger partial charge >= 0.3 is 198 Å². The molecule has 0 aromatic heterocycles. The monoisotopic (exact) mass is 545 g/mol. The topological polar surface area (TPSA) is 49.8 Å². The van der Waals surface area contributed by atoms with Crippen molar-refractivity contribution in [2.75, 3.05) is 20.1 Å². The molecule has 0 aromatic rings. The number of esters is 1. The molecule has 1 fully saturated rings. The van der Waals surface area contributed by atoms with E-state index >= 15 is 0 Å². The molecule has 1 heterocycles. The third kappa shape index (κ3) is 11.1. The molecule has 1 aliphatic rings. The first-order valence-electron chi connectivity index (χ1n) is 13.1. The first-order chi connectivity index (χ1) is 14.9. The summed E-state index contributed by atoms with van der Waals surface area (Å²) in [6, 6.07) is 0. The summed E-state index contributed by atoms with van der Waals surface area (Å²) >= 11 is -2.22. The van der Waals surface area contributed by atoms with E-state index in [-0.39, 0.29) is 24.1 Å². The molecule has 0 spiro atoms. The van der Waals surface area contributed by atoms with E-state index in [0.717, 1.165) is 32.4 Å². The van der Waals surface area contributed by atoms with Crippen molar-refractivity contribution in [3.63, 3.8) is 0 Å². The zero-order valence-electron chi connectivity index (χ0n) is 21.2. The number of rotatable bonds is 16. The fraction of sp³-hybridized carbons (Fsp3) is 0.885. The van der Waals surface area contributed by atoms with Crippen LogP contribution in [0.5, 0.6) is 0 Å². The van der Waals surface area contributed by atoms with Crippen LogP contribution in [-0.4, -0.2) is 66.7 Å². The number of hydrogen-bond acceptors (Lipinski definition) is 4. The molecular weight excluding hydrogens is 493 g/mol. The number of piperidine rings is 1. The van der Waals surface area contributed by atoms with Gasteiger partial charge in [-0.3, -0.25) is 0 Å². The molecule has 1 aliphatic heterocycles. The SMILES string of the molecule is CCC[CH2][Sn]([CH]=CCCC(O)C1CCN(C)CC1OC(=O)CC)([CH2]CCC)[CH2]CCC. The van der Waals surface area contributed by atoms with Crippen LogP contribution < -0.4 is 0 Å². The van der Waals surface area contributed by atoms with E-state index in [0.29, 0.717) is 6.42 Å². The Labute approximate surface area is 197 Å². The molecule has 0 aliphatic carbocycles. The normalized spacial score (nSPS) is 21.5. The number of allylic oxidation sites excluding steroid dienone is 1. The molecule has 31 heavy (non-hydrogen) atoms. The van der Waals surface area contributed by atoms with Gasteiger partial charge in [0.05, 0.1) is 0 Å². The van der Waals surface area contributed by atoms with Gasteiger partial charge in [-0.15, -0.1) is 0 Å². The zero-order chi connectivity index (χ0) is 23.1. The Morgan fingerprint density at radius 1 is 1.10 bits per heavy atom. The fourth-order valence-electron chi connectivity index (χ4n) is 4.93. The Bertz CT molecular complexity index is 489. The minimum absolute atomic E-state index is 0.0636. The van der Waals surface area contributed by atoms with Crippen molar-refractivity contribution in [3.05, 3.63) is 10.2 Å². The van der Waals surface area contributed by atoms with Crippen LogP contribution in [-0.2, 0) is 9.53 Å². The molecule has 1 rings (SSSR count). The number of likely N-dealkylation sites (tertiary alicyclic amines) is 1. The number of aliphatic hydroxyl groups excluding tert-OH is 1. The molecule has 0 amide bonds. The minimum atomic E-state index is -2.22. The van der Waals surface area contributed by atoms with Crippen molar-refractivity contribution in [2.45, 2.75) is 117 Å². The van der Waals surface area contributed by atoms with Crippen molar-refractivity contribution in [1.29, 1.82) is 0 Å². The van der Waals surface area contributed by atoms with E-state index in [1.54, 1.807) is 0 Å². The molecule has 0 aromatic carbocycles. The van der Waals surface area contributed by atoms with Crippen molar-refractivity contribution < 1.29 is 14.6 Å². The Balaban J connectivity index is 2.72. The van der Waals surface area contributed by atoms with Gasteiger partial charge < -0.3 is 0 Å². The summed E-state index contributed by atoms with van der Waals surface area (Å²) in [5.74, 6) is -0.0901. The van der Waals surface area contributed by atoms with Crippen LogP contribution in [0.2, 0.25) is 13.3 Å². The molecule has 3 unspecified atom stereocenters. The van der Waals surface area contributed by atoms with Crippen molar-refractivity contribution in [1.82, 2.24) is 4.90 Å². The molecule has 1 saturated heterocycles. The zero-order valence-corrected chi connectivity index (χ0v) is 24.1. The number of unbranched alkanes of at least 4 members (excludes halogenated alkanes) is 3. The van der Waals surface area contributed by atoms with Gasteiger partial charge in [-0.25, -0.2) is 0 Å². The fourth-order valence-corrected chi connectivity index (χ4v) is 19.5. The van der Waals surface area contributed by atoms with Crippen LogP contribution >= 0.6 is 0 Å². The van der Waals surface area contributed by atoms with E-state index in [4.69, 9.17) is 4.74 Å². The second-order valence-electron chi connectivity index (χ2n) is 9.82. The Kier molecular flexibility index (Phi) is 15.4. The number of carbonyl (C=O) groups excluding carboxylic acids is 1. The average molecular weight is 544 g/mol.